The van der Waals surface area contributed by atoms with Crippen molar-refractivity contribution in [2.75, 3.05) is 11.9 Å². The van der Waals surface area contributed by atoms with Gasteiger partial charge in [-0.15, -0.1) is 13.2 Å². The number of Topliss-reactive ketones (excluding diaryl/α,β-unsaturated/α-hetero) is 1. The van der Waals surface area contributed by atoms with Gasteiger partial charge in [0.1, 0.15) is 5.75 Å². The van der Waals surface area contributed by atoms with Crippen molar-refractivity contribution in [1.82, 2.24) is 0 Å². The first-order chi connectivity index (χ1) is 14.1. The molecule has 0 N–H and O–H groups in total. The van der Waals surface area contributed by atoms with Gasteiger partial charge in [0.25, 0.3) is 0 Å². The van der Waals surface area contributed by atoms with E-state index in [1.165, 1.54) is 17.7 Å². The molecular weight excluding hydrogens is 391 g/mol. The number of alkyl halides is 3. The molecule has 1 aliphatic rings. The first kappa shape index (κ1) is 23.5. The molecule has 0 unspecified atom stereocenters. The van der Waals surface area contributed by atoms with Crippen LogP contribution >= 0.6 is 0 Å². The third-order valence-corrected chi connectivity index (χ3v) is 4.94. The molecule has 0 atom stereocenters. The molecule has 30 heavy (non-hydrogen) atoms. The highest BCUT2D eigenvalue weighted by molar-refractivity contribution is 6.04. The lowest BCUT2D eigenvalue weighted by atomic mass is 9.85. The van der Waals surface area contributed by atoms with Crippen LogP contribution in [0.5, 0.6) is 5.75 Å². The maximum absolute atomic E-state index is 12.4. The standard InChI is InChI=1S/C22H22F3NO2.C2H6/c1-5-15-11-19-18(16-6-8-17(9-7-16)28-22(23,24)25)10-13(2)20(14(3)27)21(19)26(4)12-15;1-2/h6-10,12H,5,11H2,1-4H3;1-2H3. The number of aryl methyl sites for hydroxylation is 1. The number of carbonyl (C=O) groups is 1. The van der Waals surface area contributed by atoms with Gasteiger partial charge in [-0.25, -0.2) is 0 Å². The summed E-state index contributed by atoms with van der Waals surface area (Å²) in [6.07, 6.45) is -1.08. The van der Waals surface area contributed by atoms with Crippen LogP contribution in [0.25, 0.3) is 11.1 Å². The number of ether oxygens (including phenoxy) is 1. The quantitative estimate of drug-likeness (QED) is 0.496. The summed E-state index contributed by atoms with van der Waals surface area (Å²) in [6.45, 7) is 9.51. The molecule has 0 radical (unpaired) electrons. The maximum atomic E-state index is 12.4. The number of hydrogen-bond acceptors (Lipinski definition) is 3. The summed E-state index contributed by atoms with van der Waals surface area (Å²) < 4.78 is 41.2. The number of rotatable bonds is 4. The van der Waals surface area contributed by atoms with Crippen LogP contribution < -0.4 is 9.64 Å². The fraction of sp³-hybridized carbons (Fsp3) is 0.375. The van der Waals surface area contributed by atoms with Crippen molar-refractivity contribution in [2.45, 2.75) is 53.8 Å². The van der Waals surface area contributed by atoms with Gasteiger partial charge in [-0.3, -0.25) is 4.79 Å². The van der Waals surface area contributed by atoms with Gasteiger partial charge in [0.2, 0.25) is 0 Å². The summed E-state index contributed by atoms with van der Waals surface area (Å²) in [4.78, 5) is 14.3. The molecule has 0 fully saturated rings. The van der Waals surface area contributed by atoms with Crippen LogP contribution in [0.15, 0.2) is 42.1 Å². The van der Waals surface area contributed by atoms with E-state index in [1.54, 1.807) is 19.1 Å². The Morgan fingerprint density at radius 2 is 1.77 bits per heavy atom. The van der Waals surface area contributed by atoms with Crippen LogP contribution in [0.3, 0.4) is 0 Å². The number of carbonyl (C=O) groups excluding carboxylic acids is 1. The lowest BCUT2D eigenvalue weighted by Gasteiger charge is -2.31. The largest absolute Gasteiger partial charge is 0.573 e. The van der Waals surface area contributed by atoms with E-state index in [4.69, 9.17) is 0 Å². The number of fused-ring (bicyclic) bond motifs is 1. The number of halogens is 3. The molecule has 0 saturated carbocycles. The number of allylic oxidation sites excluding steroid dienone is 1. The summed E-state index contributed by atoms with van der Waals surface area (Å²) in [6, 6.07) is 7.81. The second kappa shape index (κ2) is 9.37. The number of hydrogen-bond donors (Lipinski definition) is 0. The Labute approximate surface area is 176 Å². The number of anilines is 1. The van der Waals surface area contributed by atoms with Gasteiger partial charge >= 0.3 is 6.36 Å². The molecule has 6 heteroatoms. The van der Waals surface area contributed by atoms with Crippen LogP contribution in [-0.4, -0.2) is 19.2 Å². The van der Waals surface area contributed by atoms with Gasteiger partial charge in [-0.2, -0.15) is 0 Å². The summed E-state index contributed by atoms with van der Waals surface area (Å²) in [5.41, 5.74) is 6.35. The number of nitrogens with zero attached hydrogens (tertiary/aromatic N) is 1. The molecule has 1 heterocycles. The Morgan fingerprint density at radius 3 is 2.27 bits per heavy atom. The van der Waals surface area contributed by atoms with Gasteiger partial charge < -0.3 is 9.64 Å². The molecule has 2 aromatic carbocycles. The van der Waals surface area contributed by atoms with Crippen molar-refractivity contribution in [3.05, 3.63) is 58.8 Å². The van der Waals surface area contributed by atoms with Crippen molar-refractivity contribution in [3.8, 4) is 16.9 Å². The zero-order valence-corrected chi connectivity index (χ0v) is 18.3. The Kier molecular flexibility index (Phi) is 7.34. The second-order valence-electron chi connectivity index (χ2n) is 7.00. The fourth-order valence-electron chi connectivity index (χ4n) is 3.77. The predicted molar refractivity (Wildman–Crippen MR) is 115 cm³/mol. The first-order valence-corrected chi connectivity index (χ1v) is 10.1. The van der Waals surface area contributed by atoms with Gasteiger partial charge in [-0.05, 0) is 66.6 Å². The van der Waals surface area contributed by atoms with Crippen molar-refractivity contribution >= 4 is 11.5 Å². The zero-order chi connectivity index (χ0) is 22.6. The third-order valence-electron chi connectivity index (χ3n) is 4.94. The Balaban J connectivity index is 0.00000155. The highest BCUT2D eigenvalue weighted by Gasteiger charge is 2.31. The van der Waals surface area contributed by atoms with E-state index in [9.17, 15) is 18.0 Å². The Bertz CT molecular complexity index is 944. The highest BCUT2D eigenvalue weighted by atomic mass is 19.4. The van der Waals surface area contributed by atoms with Crippen LogP contribution in [0.4, 0.5) is 18.9 Å². The van der Waals surface area contributed by atoms with E-state index in [0.29, 0.717) is 12.0 Å². The summed E-state index contributed by atoms with van der Waals surface area (Å²) >= 11 is 0. The molecule has 1 aliphatic heterocycles. The molecule has 0 aliphatic carbocycles. The molecular formula is C24H28F3NO2. The summed E-state index contributed by atoms with van der Waals surface area (Å²) in [7, 11) is 1.92. The normalized spacial score (nSPS) is 13.1. The molecule has 162 valence electrons. The van der Waals surface area contributed by atoms with E-state index < -0.39 is 6.36 Å². The maximum Gasteiger partial charge on any atom is 0.573 e. The van der Waals surface area contributed by atoms with E-state index in [-0.39, 0.29) is 11.5 Å². The summed E-state index contributed by atoms with van der Waals surface area (Å²) in [5, 5.41) is 0. The van der Waals surface area contributed by atoms with Crippen LogP contribution in [-0.2, 0) is 6.42 Å². The summed E-state index contributed by atoms with van der Waals surface area (Å²) in [5.74, 6) is -0.261. The first-order valence-electron chi connectivity index (χ1n) is 10.1. The minimum atomic E-state index is -4.72. The predicted octanol–water partition coefficient (Wildman–Crippen LogP) is 7.08. The smallest absolute Gasteiger partial charge is 0.406 e. The SMILES string of the molecule is CC.CCC1=CN(C)c2c(c(-c3ccc(OC(F)(F)F)cc3)cc(C)c2C(C)=O)C1. The minimum Gasteiger partial charge on any atom is -0.406 e. The Hall–Kier alpha value is -2.76. The van der Waals surface area contributed by atoms with Crippen molar-refractivity contribution in [3.63, 3.8) is 0 Å². The van der Waals surface area contributed by atoms with E-state index >= 15 is 0 Å². The highest BCUT2D eigenvalue weighted by Crippen LogP contribution is 2.41. The van der Waals surface area contributed by atoms with Crippen molar-refractivity contribution < 1.29 is 22.7 Å². The zero-order valence-electron chi connectivity index (χ0n) is 18.3. The van der Waals surface area contributed by atoms with Crippen LogP contribution in [0.1, 0.15) is 55.6 Å². The molecule has 0 amide bonds. The molecule has 0 saturated heterocycles. The van der Waals surface area contributed by atoms with Gasteiger partial charge in [-0.1, -0.05) is 39.0 Å². The van der Waals surface area contributed by atoms with E-state index in [2.05, 4.69) is 17.9 Å². The number of benzene rings is 2. The second-order valence-corrected chi connectivity index (χ2v) is 7.00. The molecule has 0 spiro atoms. The fourth-order valence-corrected chi connectivity index (χ4v) is 3.77. The monoisotopic (exact) mass is 419 g/mol. The molecule has 3 nitrogen and oxygen atoms in total. The molecule has 0 aromatic heterocycles. The van der Waals surface area contributed by atoms with E-state index in [1.807, 2.05) is 38.8 Å². The van der Waals surface area contributed by atoms with Gasteiger partial charge in [0.15, 0.2) is 5.78 Å². The topological polar surface area (TPSA) is 29.5 Å². The number of ketones is 1. The van der Waals surface area contributed by atoms with E-state index in [0.717, 1.165) is 34.4 Å². The van der Waals surface area contributed by atoms with Crippen LogP contribution in [0, 0.1) is 6.92 Å². The molecule has 3 rings (SSSR count). The van der Waals surface area contributed by atoms with Crippen LogP contribution in [0.2, 0.25) is 0 Å². The average molecular weight is 419 g/mol. The lowest BCUT2D eigenvalue weighted by Crippen LogP contribution is -2.21. The minimum absolute atomic E-state index is 0.00516. The van der Waals surface area contributed by atoms with Crippen molar-refractivity contribution in [2.24, 2.45) is 0 Å². The molecule has 2 aromatic rings. The van der Waals surface area contributed by atoms with Gasteiger partial charge in [0, 0.05) is 18.8 Å². The Morgan fingerprint density at radius 1 is 1.17 bits per heavy atom. The third kappa shape index (κ3) is 5.04. The van der Waals surface area contributed by atoms with Gasteiger partial charge in [0.05, 0.1) is 5.69 Å². The average Bonchev–Trinajstić information content (AvgIpc) is 2.68. The lowest BCUT2D eigenvalue weighted by molar-refractivity contribution is -0.274. The van der Waals surface area contributed by atoms with Crippen molar-refractivity contribution in [1.29, 1.82) is 0 Å². The molecule has 0 bridgehead atoms.